The van der Waals surface area contributed by atoms with Crippen molar-refractivity contribution in [3.8, 4) is 0 Å². The van der Waals surface area contributed by atoms with E-state index >= 15 is 0 Å². The molecule has 1 atom stereocenters. The number of carboxylic acids is 1. The number of rotatable bonds is 2. The van der Waals surface area contributed by atoms with Crippen LogP contribution >= 0.6 is 0 Å². The van der Waals surface area contributed by atoms with Crippen molar-refractivity contribution in [1.29, 1.82) is 0 Å². The Morgan fingerprint density at radius 1 is 1.28 bits per heavy atom. The van der Waals surface area contributed by atoms with Gasteiger partial charge in [0.1, 0.15) is 6.04 Å². The van der Waals surface area contributed by atoms with Gasteiger partial charge in [0.25, 0.3) is 11.7 Å². The van der Waals surface area contributed by atoms with Crippen LogP contribution in [0.5, 0.6) is 0 Å². The number of benzene rings is 1. The number of carboxylic acid groups (broad SMARTS) is 1. The van der Waals surface area contributed by atoms with Gasteiger partial charge in [-0.25, -0.2) is 13.6 Å². The molecule has 0 spiro atoms. The van der Waals surface area contributed by atoms with E-state index in [0.717, 1.165) is 0 Å². The van der Waals surface area contributed by atoms with E-state index in [0.29, 0.717) is 17.0 Å². The minimum Gasteiger partial charge on any atom is -0.480 e. The summed E-state index contributed by atoms with van der Waals surface area (Å²) >= 11 is 0. The highest BCUT2D eigenvalue weighted by molar-refractivity contribution is 6.52. The number of nitrogens with zero attached hydrogens (tertiary/aromatic N) is 1. The van der Waals surface area contributed by atoms with E-state index in [-0.39, 0.29) is 11.3 Å². The highest BCUT2D eigenvalue weighted by Gasteiger charge is 2.41. The second-order valence-electron chi connectivity index (χ2n) is 3.80. The molecule has 0 fully saturated rings. The predicted octanol–water partition coefficient (Wildman–Crippen LogP) is 0.967. The van der Waals surface area contributed by atoms with Crippen LogP contribution in [0.1, 0.15) is 17.3 Å². The van der Waals surface area contributed by atoms with Gasteiger partial charge in [-0.15, -0.1) is 0 Å². The zero-order valence-corrected chi connectivity index (χ0v) is 9.11. The van der Waals surface area contributed by atoms with E-state index in [4.69, 9.17) is 5.11 Å². The summed E-state index contributed by atoms with van der Waals surface area (Å²) in [6, 6.07) is -0.0978. The molecule has 1 heterocycles. The first kappa shape index (κ1) is 12.2. The van der Waals surface area contributed by atoms with Gasteiger partial charge >= 0.3 is 5.97 Å². The first-order valence-corrected chi connectivity index (χ1v) is 4.94. The van der Waals surface area contributed by atoms with E-state index in [1.165, 1.54) is 6.92 Å². The van der Waals surface area contributed by atoms with Gasteiger partial charge in [0, 0.05) is 6.07 Å². The summed E-state index contributed by atoms with van der Waals surface area (Å²) in [6.07, 6.45) is 0. The summed E-state index contributed by atoms with van der Waals surface area (Å²) in [7, 11) is 0. The molecule has 1 aromatic carbocycles. The first-order chi connectivity index (χ1) is 8.34. The summed E-state index contributed by atoms with van der Waals surface area (Å²) in [5, 5.41) is 8.82. The van der Waals surface area contributed by atoms with Crippen molar-refractivity contribution >= 4 is 23.3 Å². The minimum absolute atomic E-state index is 0.223. The molecule has 1 amide bonds. The first-order valence-electron chi connectivity index (χ1n) is 4.94. The van der Waals surface area contributed by atoms with Crippen molar-refractivity contribution in [3.05, 3.63) is 29.3 Å². The summed E-state index contributed by atoms with van der Waals surface area (Å²) in [4.78, 5) is 34.6. The molecule has 1 N–H and O–H groups in total. The van der Waals surface area contributed by atoms with E-state index in [2.05, 4.69) is 0 Å². The van der Waals surface area contributed by atoms with Gasteiger partial charge in [0.2, 0.25) is 0 Å². The van der Waals surface area contributed by atoms with Gasteiger partial charge in [-0.3, -0.25) is 14.5 Å². The molecule has 0 saturated carbocycles. The third-order valence-electron chi connectivity index (χ3n) is 2.70. The molecule has 18 heavy (non-hydrogen) atoms. The second kappa shape index (κ2) is 3.86. The molecule has 0 radical (unpaired) electrons. The smallest absolute Gasteiger partial charge is 0.326 e. The molecule has 1 aromatic rings. The summed E-state index contributed by atoms with van der Waals surface area (Å²) in [5.41, 5.74) is -0.550. The van der Waals surface area contributed by atoms with Crippen LogP contribution in [0.2, 0.25) is 0 Å². The zero-order valence-electron chi connectivity index (χ0n) is 9.11. The van der Waals surface area contributed by atoms with Crippen molar-refractivity contribution in [3.63, 3.8) is 0 Å². The summed E-state index contributed by atoms with van der Waals surface area (Å²) < 4.78 is 26.1. The van der Waals surface area contributed by atoms with Gasteiger partial charge in [0.05, 0.1) is 11.3 Å². The zero-order chi connectivity index (χ0) is 13.6. The van der Waals surface area contributed by atoms with Crippen LogP contribution in [0.4, 0.5) is 14.5 Å². The molecule has 0 saturated heterocycles. The van der Waals surface area contributed by atoms with Crippen LogP contribution in [0.15, 0.2) is 12.1 Å². The molecule has 2 rings (SSSR count). The van der Waals surface area contributed by atoms with Crippen LogP contribution < -0.4 is 4.90 Å². The lowest BCUT2D eigenvalue weighted by atomic mass is 10.1. The second-order valence-corrected chi connectivity index (χ2v) is 3.80. The number of hydrogen-bond acceptors (Lipinski definition) is 3. The van der Waals surface area contributed by atoms with E-state index in [1.807, 2.05) is 0 Å². The third kappa shape index (κ3) is 1.55. The van der Waals surface area contributed by atoms with Crippen molar-refractivity contribution in [2.24, 2.45) is 0 Å². The van der Waals surface area contributed by atoms with Gasteiger partial charge in [0.15, 0.2) is 11.6 Å². The Hall–Kier alpha value is -2.31. The lowest BCUT2D eigenvalue weighted by molar-refractivity contribution is -0.139. The summed E-state index contributed by atoms with van der Waals surface area (Å²) in [5.74, 6) is -6.02. The van der Waals surface area contributed by atoms with Crippen molar-refractivity contribution in [1.82, 2.24) is 0 Å². The molecule has 94 valence electrons. The van der Waals surface area contributed by atoms with Gasteiger partial charge in [-0.2, -0.15) is 0 Å². The molecule has 1 unspecified atom stereocenters. The molecule has 0 aliphatic carbocycles. The normalized spacial score (nSPS) is 15.8. The van der Waals surface area contributed by atoms with Gasteiger partial charge < -0.3 is 5.11 Å². The number of carbonyl (C=O) groups excluding carboxylic acids is 2. The number of ketones is 1. The average Bonchev–Trinajstić information content (AvgIpc) is 2.53. The maximum absolute atomic E-state index is 13.1. The lowest BCUT2D eigenvalue weighted by Gasteiger charge is -2.20. The Bertz CT molecular complexity index is 585. The van der Waals surface area contributed by atoms with Crippen molar-refractivity contribution in [2.75, 3.05) is 4.90 Å². The van der Waals surface area contributed by atoms with E-state index < -0.39 is 35.3 Å². The van der Waals surface area contributed by atoms with Crippen LogP contribution in [-0.4, -0.2) is 28.8 Å². The number of halogens is 2. The molecule has 1 aliphatic heterocycles. The van der Waals surface area contributed by atoms with Crippen molar-refractivity contribution < 1.29 is 28.3 Å². The van der Waals surface area contributed by atoms with Crippen LogP contribution in [-0.2, 0) is 9.59 Å². The highest BCUT2D eigenvalue weighted by Crippen LogP contribution is 2.32. The SMILES string of the molecule is CC(C(=O)O)N1C(=O)C(=O)c2cc(F)c(F)cc21. The molecule has 0 aromatic heterocycles. The molecular formula is C11H7F2NO4. The standard InChI is InChI=1S/C11H7F2NO4/c1-4(11(17)18)14-8-3-7(13)6(12)2-5(8)9(15)10(14)16/h2-4H,1H3,(H,17,18). The fourth-order valence-electron chi connectivity index (χ4n) is 1.75. The maximum Gasteiger partial charge on any atom is 0.326 e. The Morgan fingerprint density at radius 3 is 2.39 bits per heavy atom. The third-order valence-corrected chi connectivity index (χ3v) is 2.70. The Balaban J connectivity index is 2.62. The summed E-state index contributed by atoms with van der Waals surface area (Å²) in [6.45, 7) is 1.17. The fourth-order valence-corrected chi connectivity index (χ4v) is 1.75. The number of aliphatic carboxylic acids is 1. The number of carbonyl (C=O) groups is 3. The lowest BCUT2D eigenvalue weighted by Crippen LogP contribution is -2.42. The molecule has 5 nitrogen and oxygen atoms in total. The quantitative estimate of drug-likeness (QED) is 0.799. The minimum atomic E-state index is -1.35. The molecule has 7 heteroatoms. The largest absolute Gasteiger partial charge is 0.480 e. The Kier molecular flexibility index (Phi) is 2.61. The monoisotopic (exact) mass is 255 g/mol. The van der Waals surface area contributed by atoms with Crippen LogP contribution in [0.3, 0.4) is 0 Å². The van der Waals surface area contributed by atoms with Gasteiger partial charge in [-0.05, 0) is 13.0 Å². The van der Waals surface area contributed by atoms with E-state index in [9.17, 15) is 23.2 Å². The van der Waals surface area contributed by atoms with Gasteiger partial charge in [-0.1, -0.05) is 0 Å². The van der Waals surface area contributed by atoms with Crippen LogP contribution in [0, 0.1) is 11.6 Å². The Labute approximate surface area is 99.6 Å². The predicted molar refractivity (Wildman–Crippen MR) is 55.3 cm³/mol. The number of Topliss-reactive ketones (excluding diaryl/α,β-unsaturated/α-hetero) is 1. The van der Waals surface area contributed by atoms with Crippen molar-refractivity contribution in [2.45, 2.75) is 13.0 Å². The molecule has 0 bridgehead atoms. The highest BCUT2D eigenvalue weighted by atomic mass is 19.2. The number of amides is 1. The average molecular weight is 255 g/mol. The maximum atomic E-state index is 13.1. The topological polar surface area (TPSA) is 74.7 Å². The molecule has 1 aliphatic rings. The number of fused-ring (bicyclic) bond motifs is 1. The number of anilines is 1. The number of hydrogen-bond donors (Lipinski definition) is 1. The van der Waals surface area contributed by atoms with E-state index in [1.54, 1.807) is 0 Å². The van der Waals surface area contributed by atoms with Crippen LogP contribution in [0.25, 0.3) is 0 Å². The Morgan fingerprint density at radius 2 is 1.83 bits per heavy atom. The molecular weight excluding hydrogens is 248 g/mol. The fraction of sp³-hybridized carbons (Fsp3) is 0.182.